The average molecular weight is 292 g/mol. The smallest absolute Gasteiger partial charge is 0.292 e. The van der Waals surface area contributed by atoms with Crippen LogP contribution in [0.2, 0.25) is 0 Å². The zero-order valence-corrected chi connectivity index (χ0v) is 12.0. The van der Waals surface area contributed by atoms with Gasteiger partial charge in [0.2, 0.25) is 5.91 Å². The van der Waals surface area contributed by atoms with Crippen molar-refractivity contribution >= 4 is 17.3 Å². The number of amides is 1. The number of nitrogens with one attached hydrogen (secondary N) is 1. The lowest BCUT2D eigenvalue weighted by molar-refractivity contribution is -0.384. The molecule has 0 saturated carbocycles. The van der Waals surface area contributed by atoms with Crippen LogP contribution in [0.3, 0.4) is 0 Å². The molecule has 0 bridgehead atoms. The van der Waals surface area contributed by atoms with Gasteiger partial charge in [-0.1, -0.05) is 0 Å². The van der Waals surface area contributed by atoms with Gasteiger partial charge in [-0.3, -0.25) is 14.9 Å². The predicted molar refractivity (Wildman–Crippen MR) is 80.3 cm³/mol. The van der Waals surface area contributed by atoms with Gasteiger partial charge in [0.1, 0.15) is 5.69 Å². The Morgan fingerprint density at radius 2 is 2.33 bits per heavy atom. The average Bonchev–Trinajstić information content (AvgIpc) is 2.44. The minimum absolute atomic E-state index is 0.0378. The predicted octanol–water partition coefficient (Wildman–Crippen LogP) is 1.45. The highest BCUT2D eigenvalue weighted by Gasteiger charge is 2.20. The van der Waals surface area contributed by atoms with E-state index in [4.69, 9.17) is 5.73 Å². The molecular formula is C14H20N4O3. The van der Waals surface area contributed by atoms with Crippen molar-refractivity contribution in [1.29, 1.82) is 0 Å². The number of nitrogens with zero attached hydrogens (tertiary/aromatic N) is 2. The number of piperidine rings is 1. The van der Waals surface area contributed by atoms with Crippen molar-refractivity contribution in [2.24, 2.45) is 11.7 Å². The number of rotatable bonds is 5. The number of carbonyl (C=O) groups is 1. The van der Waals surface area contributed by atoms with Gasteiger partial charge in [0.15, 0.2) is 0 Å². The molecule has 114 valence electrons. The van der Waals surface area contributed by atoms with E-state index in [1.165, 1.54) is 18.2 Å². The lowest BCUT2D eigenvalue weighted by Crippen LogP contribution is -2.35. The number of nitro benzene ring substituents is 1. The minimum atomic E-state index is -0.592. The number of hydrogen-bond acceptors (Lipinski definition) is 5. The molecule has 1 heterocycles. The number of anilines is 1. The van der Waals surface area contributed by atoms with Gasteiger partial charge in [-0.15, -0.1) is 0 Å². The van der Waals surface area contributed by atoms with E-state index in [2.05, 4.69) is 17.3 Å². The lowest BCUT2D eigenvalue weighted by atomic mass is 9.98. The largest absolute Gasteiger partial charge is 0.379 e. The van der Waals surface area contributed by atoms with Crippen LogP contribution in [0.25, 0.3) is 0 Å². The normalized spacial score (nSPS) is 19.2. The van der Waals surface area contributed by atoms with Crippen molar-refractivity contribution in [3.05, 3.63) is 33.9 Å². The standard InChI is InChI=1S/C14H20N4O3/c1-17-6-2-3-10(9-17)8-16-12-7-11(14(15)19)4-5-13(12)18(20)21/h4-5,7,10,16H,2-3,6,8-9H2,1H3,(H2,15,19). The van der Waals surface area contributed by atoms with Crippen LogP contribution in [0.4, 0.5) is 11.4 Å². The van der Waals surface area contributed by atoms with E-state index in [-0.39, 0.29) is 11.3 Å². The third kappa shape index (κ3) is 3.91. The van der Waals surface area contributed by atoms with Gasteiger partial charge in [-0.05, 0) is 44.5 Å². The molecule has 7 heteroatoms. The molecule has 1 aliphatic heterocycles. The molecule has 0 aliphatic carbocycles. The van der Waals surface area contributed by atoms with E-state index in [0.29, 0.717) is 18.2 Å². The maximum Gasteiger partial charge on any atom is 0.292 e. The fourth-order valence-electron chi connectivity index (χ4n) is 2.68. The third-order valence-corrected chi connectivity index (χ3v) is 3.78. The molecule has 1 fully saturated rings. The van der Waals surface area contributed by atoms with Gasteiger partial charge in [-0.25, -0.2) is 0 Å². The summed E-state index contributed by atoms with van der Waals surface area (Å²) in [5, 5.41) is 14.2. The molecular weight excluding hydrogens is 272 g/mol. The van der Waals surface area contributed by atoms with Gasteiger partial charge in [0, 0.05) is 24.7 Å². The molecule has 0 aromatic heterocycles. The second-order valence-electron chi connectivity index (χ2n) is 5.50. The highest BCUT2D eigenvalue weighted by atomic mass is 16.6. The number of benzene rings is 1. The topological polar surface area (TPSA) is 102 Å². The number of likely N-dealkylation sites (tertiary alicyclic amines) is 1. The molecule has 1 aromatic rings. The Kier molecular flexibility index (Phi) is 4.74. The summed E-state index contributed by atoms with van der Waals surface area (Å²) in [6, 6.07) is 4.14. The van der Waals surface area contributed by atoms with Gasteiger partial charge in [0.05, 0.1) is 4.92 Å². The first-order valence-electron chi connectivity index (χ1n) is 6.98. The molecule has 0 radical (unpaired) electrons. The van der Waals surface area contributed by atoms with Crippen LogP contribution in [0.15, 0.2) is 18.2 Å². The summed E-state index contributed by atoms with van der Waals surface area (Å²) in [6.07, 6.45) is 2.23. The summed E-state index contributed by atoms with van der Waals surface area (Å²) in [6.45, 7) is 2.71. The number of nitro groups is 1. The fraction of sp³-hybridized carbons (Fsp3) is 0.500. The second kappa shape index (κ2) is 6.53. The van der Waals surface area contributed by atoms with Crippen molar-refractivity contribution in [3.63, 3.8) is 0 Å². The van der Waals surface area contributed by atoms with Crippen LogP contribution in [-0.4, -0.2) is 42.4 Å². The maximum atomic E-state index is 11.2. The van der Waals surface area contributed by atoms with Crippen molar-refractivity contribution < 1.29 is 9.72 Å². The van der Waals surface area contributed by atoms with Crippen LogP contribution in [0.5, 0.6) is 0 Å². The van der Waals surface area contributed by atoms with Gasteiger partial charge in [0.25, 0.3) is 5.69 Å². The molecule has 1 unspecified atom stereocenters. The van der Waals surface area contributed by atoms with Crippen LogP contribution >= 0.6 is 0 Å². The summed E-state index contributed by atoms with van der Waals surface area (Å²) in [5.74, 6) is -0.147. The van der Waals surface area contributed by atoms with Crippen LogP contribution in [0, 0.1) is 16.0 Å². The maximum absolute atomic E-state index is 11.2. The first kappa shape index (κ1) is 15.2. The SMILES string of the molecule is CN1CCCC(CNc2cc(C(N)=O)ccc2[N+](=O)[O-])C1. The van der Waals surface area contributed by atoms with E-state index >= 15 is 0 Å². The fourth-order valence-corrected chi connectivity index (χ4v) is 2.68. The Morgan fingerprint density at radius 1 is 1.57 bits per heavy atom. The molecule has 1 aliphatic rings. The van der Waals surface area contributed by atoms with E-state index in [1.807, 2.05) is 0 Å². The Labute approximate surface area is 123 Å². The van der Waals surface area contributed by atoms with E-state index in [0.717, 1.165) is 25.9 Å². The van der Waals surface area contributed by atoms with Gasteiger partial charge < -0.3 is 16.0 Å². The molecule has 0 spiro atoms. The highest BCUT2D eigenvalue weighted by Crippen LogP contribution is 2.26. The number of carbonyl (C=O) groups excluding carboxylic acids is 1. The van der Waals surface area contributed by atoms with Gasteiger partial charge >= 0.3 is 0 Å². The second-order valence-corrected chi connectivity index (χ2v) is 5.50. The summed E-state index contributed by atoms with van der Waals surface area (Å²) in [5.41, 5.74) is 5.80. The van der Waals surface area contributed by atoms with Crippen LogP contribution in [-0.2, 0) is 0 Å². The molecule has 1 aromatic carbocycles. The quantitative estimate of drug-likeness (QED) is 0.631. The summed E-state index contributed by atoms with van der Waals surface area (Å²) < 4.78 is 0. The number of nitrogens with two attached hydrogens (primary N) is 1. The molecule has 7 nitrogen and oxygen atoms in total. The van der Waals surface area contributed by atoms with E-state index < -0.39 is 10.8 Å². The highest BCUT2D eigenvalue weighted by molar-refractivity contribution is 5.94. The molecule has 3 N–H and O–H groups in total. The molecule has 1 saturated heterocycles. The Hall–Kier alpha value is -2.15. The first-order chi connectivity index (χ1) is 9.97. The molecule has 21 heavy (non-hydrogen) atoms. The van der Waals surface area contributed by atoms with E-state index in [9.17, 15) is 14.9 Å². The van der Waals surface area contributed by atoms with Crippen LogP contribution < -0.4 is 11.1 Å². The molecule has 2 rings (SSSR count). The van der Waals surface area contributed by atoms with Crippen molar-refractivity contribution in [2.45, 2.75) is 12.8 Å². The summed E-state index contributed by atoms with van der Waals surface area (Å²) in [7, 11) is 2.07. The van der Waals surface area contributed by atoms with Crippen molar-refractivity contribution in [1.82, 2.24) is 4.90 Å². The third-order valence-electron chi connectivity index (χ3n) is 3.78. The minimum Gasteiger partial charge on any atom is -0.379 e. The summed E-state index contributed by atoms with van der Waals surface area (Å²) in [4.78, 5) is 24.0. The lowest BCUT2D eigenvalue weighted by Gasteiger charge is -2.29. The number of hydrogen-bond donors (Lipinski definition) is 2. The Balaban J connectivity index is 2.11. The molecule has 1 amide bonds. The van der Waals surface area contributed by atoms with Crippen LogP contribution in [0.1, 0.15) is 23.2 Å². The zero-order chi connectivity index (χ0) is 15.4. The zero-order valence-electron chi connectivity index (χ0n) is 12.0. The first-order valence-corrected chi connectivity index (χ1v) is 6.98. The molecule has 1 atom stereocenters. The Bertz CT molecular complexity index is 547. The monoisotopic (exact) mass is 292 g/mol. The van der Waals surface area contributed by atoms with Crippen molar-refractivity contribution in [2.75, 3.05) is 32.0 Å². The number of primary amides is 1. The van der Waals surface area contributed by atoms with Gasteiger partial charge in [-0.2, -0.15) is 0 Å². The Morgan fingerprint density at radius 3 is 2.95 bits per heavy atom. The summed E-state index contributed by atoms with van der Waals surface area (Å²) >= 11 is 0. The van der Waals surface area contributed by atoms with Crippen molar-refractivity contribution in [3.8, 4) is 0 Å². The van der Waals surface area contributed by atoms with E-state index in [1.54, 1.807) is 0 Å².